The molecule has 4 heteroatoms. The molecule has 0 aromatic carbocycles. The van der Waals surface area contributed by atoms with Crippen molar-refractivity contribution in [2.45, 2.75) is 33.8 Å². The summed E-state index contributed by atoms with van der Waals surface area (Å²) in [4.78, 5) is 20.7. The zero-order valence-corrected chi connectivity index (χ0v) is 10.4. The van der Waals surface area contributed by atoms with Crippen molar-refractivity contribution in [1.29, 1.82) is 0 Å². The summed E-state index contributed by atoms with van der Waals surface area (Å²) in [5, 5.41) is 0. The van der Waals surface area contributed by atoms with E-state index in [2.05, 4.69) is 22.6 Å². The molecule has 0 unspecified atom stereocenters. The number of hydrogen-bond donors (Lipinski definition) is 0. The first-order valence-corrected chi connectivity index (χ1v) is 5.00. The molecule has 0 rings (SSSR count). The Labute approximate surface area is 96.9 Å². The predicted molar refractivity (Wildman–Crippen MR) is 62.9 cm³/mol. The molecule has 0 radical (unpaired) electrons. The summed E-state index contributed by atoms with van der Waals surface area (Å²) in [5.41, 5.74) is 0.451. The van der Waals surface area contributed by atoms with Crippen molar-refractivity contribution in [3.05, 3.63) is 24.8 Å². The van der Waals surface area contributed by atoms with Gasteiger partial charge in [-0.05, 0) is 27.7 Å². The zero-order chi connectivity index (χ0) is 13.1. The highest BCUT2D eigenvalue weighted by Crippen LogP contribution is 1.89. The van der Waals surface area contributed by atoms with E-state index in [0.29, 0.717) is 12.2 Å². The average molecular weight is 228 g/mol. The molecule has 0 saturated carbocycles. The van der Waals surface area contributed by atoms with Gasteiger partial charge in [0.05, 0.1) is 12.7 Å². The smallest absolute Gasteiger partial charge is 0.333 e. The van der Waals surface area contributed by atoms with Gasteiger partial charge in [0.2, 0.25) is 0 Å². The number of esters is 2. The summed E-state index contributed by atoms with van der Waals surface area (Å²) in [5.74, 6) is -0.674. The molecule has 0 heterocycles. The molecule has 0 saturated heterocycles. The summed E-state index contributed by atoms with van der Waals surface area (Å²) >= 11 is 0. The molecular weight excluding hydrogens is 208 g/mol. The normalized spacial score (nSPS) is 8.56. The molecule has 0 bridgehead atoms. The Kier molecular flexibility index (Phi) is 10.5. The van der Waals surface area contributed by atoms with Gasteiger partial charge in [0.15, 0.2) is 0 Å². The lowest BCUT2D eigenvalue weighted by molar-refractivity contribution is -0.141. The van der Waals surface area contributed by atoms with Gasteiger partial charge in [-0.1, -0.05) is 13.2 Å². The molecule has 0 atom stereocenters. The minimum Gasteiger partial charge on any atom is -0.463 e. The SMILES string of the molecule is C=C(C)C(=O)OCC.C=CC(=O)OC(C)C. The molecule has 0 N–H and O–H groups in total. The zero-order valence-electron chi connectivity index (χ0n) is 10.4. The van der Waals surface area contributed by atoms with Crippen molar-refractivity contribution in [3.8, 4) is 0 Å². The van der Waals surface area contributed by atoms with Crippen LogP contribution in [0.2, 0.25) is 0 Å². The molecule has 0 fully saturated rings. The number of carbonyl (C=O) groups is 2. The lowest BCUT2D eigenvalue weighted by Gasteiger charge is -2.02. The number of ether oxygens (including phenoxy) is 2. The quantitative estimate of drug-likeness (QED) is 0.547. The molecule has 0 amide bonds. The number of carbonyl (C=O) groups excluding carboxylic acids is 2. The highest BCUT2D eigenvalue weighted by Gasteiger charge is 1.98. The van der Waals surface area contributed by atoms with Crippen molar-refractivity contribution in [2.24, 2.45) is 0 Å². The van der Waals surface area contributed by atoms with Crippen LogP contribution < -0.4 is 0 Å². The van der Waals surface area contributed by atoms with E-state index in [1.54, 1.807) is 27.7 Å². The van der Waals surface area contributed by atoms with Gasteiger partial charge in [0, 0.05) is 11.6 Å². The van der Waals surface area contributed by atoms with E-state index < -0.39 is 0 Å². The van der Waals surface area contributed by atoms with Crippen LogP contribution in [0.25, 0.3) is 0 Å². The fourth-order valence-corrected chi connectivity index (χ4v) is 0.535. The minimum atomic E-state index is -0.361. The van der Waals surface area contributed by atoms with Gasteiger partial charge in [-0.25, -0.2) is 9.59 Å². The summed E-state index contributed by atoms with van der Waals surface area (Å²) < 4.78 is 9.21. The molecule has 0 aliphatic carbocycles. The first-order chi connectivity index (χ1) is 7.34. The second-order valence-corrected chi connectivity index (χ2v) is 3.19. The molecule has 0 aliphatic heterocycles. The van der Waals surface area contributed by atoms with Gasteiger partial charge in [-0.3, -0.25) is 0 Å². The van der Waals surface area contributed by atoms with Crippen LogP contribution in [0.5, 0.6) is 0 Å². The van der Waals surface area contributed by atoms with E-state index in [9.17, 15) is 9.59 Å². The Hall–Kier alpha value is -1.58. The second kappa shape index (κ2) is 9.96. The van der Waals surface area contributed by atoms with E-state index in [-0.39, 0.29) is 18.0 Å². The molecule has 16 heavy (non-hydrogen) atoms. The van der Waals surface area contributed by atoms with Crippen LogP contribution in [0.1, 0.15) is 27.7 Å². The van der Waals surface area contributed by atoms with E-state index in [0.717, 1.165) is 6.08 Å². The third-order valence-corrected chi connectivity index (χ3v) is 1.14. The van der Waals surface area contributed by atoms with Crippen molar-refractivity contribution >= 4 is 11.9 Å². The van der Waals surface area contributed by atoms with Crippen LogP contribution in [-0.2, 0) is 19.1 Å². The van der Waals surface area contributed by atoms with E-state index >= 15 is 0 Å². The van der Waals surface area contributed by atoms with Crippen LogP contribution in [0, 0.1) is 0 Å². The summed E-state index contributed by atoms with van der Waals surface area (Å²) in [6.45, 7) is 14.0. The molecule has 0 aromatic heterocycles. The highest BCUT2D eigenvalue weighted by atomic mass is 16.5. The summed E-state index contributed by atoms with van der Waals surface area (Å²) in [6, 6.07) is 0. The van der Waals surface area contributed by atoms with Gasteiger partial charge in [0.1, 0.15) is 0 Å². The van der Waals surface area contributed by atoms with Crippen LogP contribution in [-0.4, -0.2) is 24.6 Å². The van der Waals surface area contributed by atoms with Crippen LogP contribution in [0.15, 0.2) is 24.8 Å². The summed E-state index contributed by atoms with van der Waals surface area (Å²) in [7, 11) is 0. The topological polar surface area (TPSA) is 52.6 Å². The Morgan fingerprint density at radius 3 is 2.00 bits per heavy atom. The molecule has 0 spiro atoms. The van der Waals surface area contributed by atoms with E-state index in [4.69, 9.17) is 0 Å². The maximum Gasteiger partial charge on any atom is 0.333 e. The van der Waals surface area contributed by atoms with Gasteiger partial charge >= 0.3 is 11.9 Å². The second-order valence-electron chi connectivity index (χ2n) is 3.19. The van der Waals surface area contributed by atoms with Gasteiger partial charge < -0.3 is 9.47 Å². The molecule has 0 aliphatic rings. The molecule has 92 valence electrons. The lowest BCUT2D eigenvalue weighted by Crippen LogP contribution is -2.07. The van der Waals surface area contributed by atoms with Crippen molar-refractivity contribution in [3.63, 3.8) is 0 Å². The first kappa shape index (κ1) is 16.8. The Balaban J connectivity index is 0. The third kappa shape index (κ3) is 12.4. The fraction of sp³-hybridized carbons (Fsp3) is 0.500. The third-order valence-electron chi connectivity index (χ3n) is 1.14. The fourth-order valence-electron chi connectivity index (χ4n) is 0.535. The maximum atomic E-state index is 10.4. The van der Waals surface area contributed by atoms with Crippen molar-refractivity contribution < 1.29 is 19.1 Å². The van der Waals surface area contributed by atoms with Gasteiger partial charge in [-0.2, -0.15) is 0 Å². The van der Waals surface area contributed by atoms with E-state index in [1.807, 2.05) is 0 Å². The average Bonchev–Trinajstić information content (AvgIpc) is 2.18. The Morgan fingerprint density at radius 2 is 1.88 bits per heavy atom. The molecular formula is C12H20O4. The number of hydrogen-bond acceptors (Lipinski definition) is 4. The molecule has 4 nitrogen and oxygen atoms in total. The lowest BCUT2D eigenvalue weighted by atomic mass is 10.4. The Bertz CT molecular complexity index is 254. The Morgan fingerprint density at radius 1 is 1.38 bits per heavy atom. The van der Waals surface area contributed by atoms with Crippen LogP contribution >= 0.6 is 0 Å². The standard InChI is InChI=1S/2C6H10O2/c1-4-8-6(7)5(2)3;1-4-6(7)8-5(2)3/h2,4H2,1,3H3;4-5H,1H2,2-3H3. The first-order valence-electron chi connectivity index (χ1n) is 5.00. The van der Waals surface area contributed by atoms with Crippen LogP contribution in [0.4, 0.5) is 0 Å². The predicted octanol–water partition coefficient (Wildman–Crippen LogP) is 2.25. The van der Waals surface area contributed by atoms with E-state index in [1.165, 1.54) is 0 Å². The van der Waals surface area contributed by atoms with Gasteiger partial charge in [0.25, 0.3) is 0 Å². The highest BCUT2D eigenvalue weighted by molar-refractivity contribution is 5.86. The van der Waals surface area contributed by atoms with Crippen LogP contribution in [0.3, 0.4) is 0 Å². The molecule has 0 aromatic rings. The van der Waals surface area contributed by atoms with Gasteiger partial charge in [-0.15, -0.1) is 0 Å². The summed E-state index contributed by atoms with van der Waals surface area (Å²) in [6.07, 6.45) is 1.11. The minimum absolute atomic E-state index is 0.0412. The van der Waals surface area contributed by atoms with Crippen molar-refractivity contribution in [2.75, 3.05) is 6.61 Å². The maximum absolute atomic E-state index is 10.4. The number of rotatable bonds is 4. The van der Waals surface area contributed by atoms with Crippen molar-refractivity contribution in [1.82, 2.24) is 0 Å². The monoisotopic (exact) mass is 228 g/mol. The largest absolute Gasteiger partial charge is 0.463 e.